The van der Waals surface area contributed by atoms with E-state index in [0.29, 0.717) is 69.9 Å². The number of nitrogens with zero attached hydrogens (tertiary/aromatic N) is 12. The van der Waals surface area contributed by atoms with Crippen LogP contribution in [0.1, 0.15) is 0 Å². The molecule has 0 amide bonds. The third kappa shape index (κ3) is 18.2. The van der Waals surface area contributed by atoms with Crippen LogP contribution in [-0.4, -0.2) is 59.8 Å². The molecular weight excluding hydrogens is 1610 g/mol. The van der Waals surface area contributed by atoms with Gasteiger partial charge in [-0.05, 0) is 131 Å². The van der Waals surface area contributed by atoms with Crippen LogP contribution in [-0.2, 0) is 0 Å². The number of aromatic nitrogens is 12. The number of hydrogen-bond donors (Lipinski definition) is 0. The molecule has 0 spiro atoms. The molecule has 18 aromatic carbocycles. The molecule has 0 saturated carbocycles. The third-order valence-corrected chi connectivity index (χ3v) is 23.2. The molecule has 0 saturated heterocycles. The predicted octanol–water partition coefficient (Wildman–Crippen LogP) is 29.5. The summed E-state index contributed by atoms with van der Waals surface area (Å²) in [6.45, 7) is 0. The fraction of sp³-hybridized carbons (Fsp3) is 0. The molecule has 4 heterocycles. The Kier molecular flexibility index (Phi) is 23.1. The number of benzene rings is 18. The standard InChI is InChI=1S/C66H44N6.C54H36N6/c1-5-19-45(20-6-1)46-37-39-47(40-38-46)59-35-13-14-36-60(59)66-71-63(50-25-11-4-12-26-50)70-65(72-66)58-34-18-32-56(44-58)54-30-16-28-52(42-54)51-27-15-29-53(41-51)55-31-17-33-57(43-55)64-68-61(48-21-7-2-8-22-48)67-62(69-64)49-23-9-3-10-24-49;1-5-16-37(17-6-1)38-30-32-39(33-31-38)43-24-13-27-46(34-43)53-58-51(42-22-11-4-12-23-42)59-54(60-53)48-29-15-26-45(36-48)44-25-14-28-47(35-44)52-56-49(40-18-7-2-8-19-40)55-50(57-52)41-20-9-3-10-21-41/h1-44H;1-36H. The normalized spacial score (nSPS) is 11.0. The van der Waals surface area contributed by atoms with Crippen LogP contribution in [0.3, 0.4) is 0 Å². The molecule has 0 fully saturated rings. The largest absolute Gasteiger partial charge is 0.208 e. The summed E-state index contributed by atoms with van der Waals surface area (Å²) in [6, 6.07) is 166. The van der Waals surface area contributed by atoms with Crippen LogP contribution in [0.25, 0.3) is 226 Å². The molecule has 0 aliphatic rings. The summed E-state index contributed by atoms with van der Waals surface area (Å²) >= 11 is 0. The van der Waals surface area contributed by atoms with Crippen LogP contribution in [0, 0.1) is 0 Å². The Morgan fingerprint density at radius 3 is 0.424 bits per heavy atom. The number of rotatable bonds is 20. The monoisotopic (exact) mass is 1690 g/mol. The molecular formula is C120H80N12. The van der Waals surface area contributed by atoms with E-state index in [2.05, 4.69) is 267 Å². The summed E-state index contributed by atoms with van der Waals surface area (Å²) in [7, 11) is 0. The van der Waals surface area contributed by atoms with Gasteiger partial charge >= 0.3 is 0 Å². The number of hydrogen-bond acceptors (Lipinski definition) is 12. The minimum atomic E-state index is 0.590. The van der Waals surface area contributed by atoms with Crippen molar-refractivity contribution in [2.75, 3.05) is 0 Å². The van der Waals surface area contributed by atoms with E-state index in [4.69, 9.17) is 59.8 Å². The highest BCUT2D eigenvalue weighted by atomic mass is 15.1. The van der Waals surface area contributed by atoms with Gasteiger partial charge in [-0.2, -0.15) is 0 Å². The SMILES string of the molecule is c1ccc(-c2ccc(-c3cccc(-c4nc(-c5ccccc5)nc(-c5cccc(-c6cccc(-c7nc(-c8ccccc8)nc(-c8ccccc8)n7)c6)c5)n4)c3)cc2)cc1.c1ccc(-c2ccc(-c3ccccc3-c3nc(-c4ccccc4)nc(-c4cccc(-c5cccc(-c6cccc(-c7cccc(-c8nc(-c9ccccc9)nc(-c9ccccc9)n8)c7)c6)c5)c4)n3)cc2)cc1. The molecule has 22 aromatic rings. The zero-order valence-corrected chi connectivity index (χ0v) is 71.6. The van der Waals surface area contributed by atoms with Gasteiger partial charge in [0.1, 0.15) is 0 Å². The first-order valence-corrected chi connectivity index (χ1v) is 43.9. The lowest BCUT2D eigenvalue weighted by molar-refractivity contribution is 1.07. The van der Waals surface area contributed by atoms with E-state index in [0.717, 1.165) is 134 Å². The molecule has 12 heteroatoms. The smallest absolute Gasteiger partial charge is 0.164 e. The zero-order chi connectivity index (χ0) is 88.1. The molecule has 0 unspecified atom stereocenters. The van der Waals surface area contributed by atoms with Gasteiger partial charge in [-0.3, -0.25) is 0 Å². The molecule has 0 atom stereocenters. The van der Waals surface area contributed by atoms with Crippen molar-refractivity contribution in [2.45, 2.75) is 0 Å². The molecule has 4 aromatic heterocycles. The van der Waals surface area contributed by atoms with E-state index in [1.807, 2.05) is 218 Å². The Hall–Kier alpha value is -18.0. The Balaban J connectivity index is 0.000000162. The first-order valence-electron chi connectivity index (χ1n) is 43.9. The van der Waals surface area contributed by atoms with Gasteiger partial charge in [-0.25, -0.2) is 59.8 Å². The van der Waals surface area contributed by atoms with Crippen LogP contribution in [0.2, 0.25) is 0 Å². The Morgan fingerprint density at radius 1 is 0.0758 bits per heavy atom. The Labute approximate surface area is 765 Å². The quantitative estimate of drug-likeness (QED) is 0.0713. The minimum Gasteiger partial charge on any atom is -0.208 e. The van der Waals surface area contributed by atoms with E-state index in [1.54, 1.807) is 0 Å². The van der Waals surface area contributed by atoms with Crippen molar-refractivity contribution in [3.63, 3.8) is 0 Å². The van der Waals surface area contributed by atoms with Crippen LogP contribution >= 0.6 is 0 Å². The summed E-state index contributed by atoms with van der Waals surface area (Å²) in [4.78, 5) is 60.3. The van der Waals surface area contributed by atoms with E-state index < -0.39 is 0 Å². The first-order chi connectivity index (χ1) is 65.3. The van der Waals surface area contributed by atoms with Crippen LogP contribution < -0.4 is 0 Å². The average molecular weight is 1690 g/mol. The first kappa shape index (κ1) is 81.1. The lowest BCUT2D eigenvalue weighted by Gasteiger charge is -2.13. The van der Waals surface area contributed by atoms with Crippen molar-refractivity contribution in [3.8, 4) is 226 Å². The van der Waals surface area contributed by atoms with E-state index >= 15 is 0 Å². The van der Waals surface area contributed by atoms with Gasteiger partial charge in [-0.1, -0.05) is 443 Å². The van der Waals surface area contributed by atoms with E-state index in [9.17, 15) is 0 Å². The Morgan fingerprint density at radius 2 is 0.205 bits per heavy atom. The van der Waals surface area contributed by atoms with Crippen LogP contribution in [0.5, 0.6) is 0 Å². The maximum Gasteiger partial charge on any atom is 0.164 e. The second-order valence-corrected chi connectivity index (χ2v) is 31.9. The average Bonchev–Trinajstić information content (AvgIpc) is 0.819. The second-order valence-electron chi connectivity index (χ2n) is 31.9. The molecule has 22 rings (SSSR count). The minimum absolute atomic E-state index is 0.590. The predicted molar refractivity (Wildman–Crippen MR) is 535 cm³/mol. The topological polar surface area (TPSA) is 155 Å². The fourth-order valence-electron chi connectivity index (χ4n) is 16.4. The highest BCUT2D eigenvalue weighted by Gasteiger charge is 2.22. The summed E-state index contributed by atoms with van der Waals surface area (Å²) in [6.07, 6.45) is 0. The van der Waals surface area contributed by atoms with Crippen molar-refractivity contribution in [1.29, 1.82) is 0 Å². The summed E-state index contributed by atoms with van der Waals surface area (Å²) < 4.78 is 0. The van der Waals surface area contributed by atoms with Gasteiger partial charge in [0.15, 0.2) is 69.9 Å². The van der Waals surface area contributed by atoms with E-state index in [-0.39, 0.29) is 0 Å². The highest BCUT2D eigenvalue weighted by molar-refractivity contribution is 5.86. The van der Waals surface area contributed by atoms with Crippen molar-refractivity contribution >= 4 is 0 Å². The van der Waals surface area contributed by atoms with E-state index in [1.165, 1.54) is 22.3 Å². The molecule has 0 radical (unpaired) electrons. The van der Waals surface area contributed by atoms with Crippen LogP contribution in [0.4, 0.5) is 0 Å². The molecule has 620 valence electrons. The van der Waals surface area contributed by atoms with Crippen LogP contribution in [0.15, 0.2) is 485 Å². The Bertz CT molecular complexity index is 7720. The van der Waals surface area contributed by atoms with Gasteiger partial charge in [0.05, 0.1) is 0 Å². The fourth-order valence-corrected chi connectivity index (χ4v) is 16.4. The second kappa shape index (κ2) is 37.7. The maximum absolute atomic E-state index is 5.22. The molecule has 132 heavy (non-hydrogen) atoms. The van der Waals surface area contributed by atoms with Crippen molar-refractivity contribution in [2.24, 2.45) is 0 Å². The summed E-state index contributed by atoms with van der Waals surface area (Å²) in [5, 5.41) is 0. The van der Waals surface area contributed by atoms with Gasteiger partial charge in [0.2, 0.25) is 0 Å². The lowest BCUT2D eigenvalue weighted by Crippen LogP contribution is -2.01. The molecule has 12 nitrogen and oxygen atoms in total. The molecule has 0 bridgehead atoms. The molecule has 0 aliphatic heterocycles. The van der Waals surface area contributed by atoms with Crippen molar-refractivity contribution in [1.82, 2.24) is 59.8 Å². The van der Waals surface area contributed by atoms with Gasteiger partial charge in [0, 0.05) is 66.8 Å². The lowest BCUT2D eigenvalue weighted by atomic mass is 9.95. The van der Waals surface area contributed by atoms with Gasteiger partial charge < -0.3 is 0 Å². The third-order valence-electron chi connectivity index (χ3n) is 23.2. The molecule has 0 aliphatic carbocycles. The van der Waals surface area contributed by atoms with Crippen molar-refractivity contribution < 1.29 is 0 Å². The van der Waals surface area contributed by atoms with Crippen molar-refractivity contribution in [3.05, 3.63) is 485 Å². The zero-order valence-electron chi connectivity index (χ0n) is 71.6. The summed E-state index contributed by atoms with van der Waals surface area (Å²) in [5.74, 6) is 7.37. The highest BCUT2D eigenvalue weighted by Crippen LogP contribution is 2.40. The maximum atomic E-state index is 5.22. The van der Waals surface area contributed by atoms with Gasteiger partial charge in [0.25, 0.3) is 0 Å². The summed E-state index contributed by atoms with van der Waals surface area (Å²) in [5.41, 5.74) is 28.6. The van der Waals surface area contributed by atoms with Gasteiger partial charge in [-0.15, -0.1) is 0 Å². The molecule has 0 N–H and O–H groups in total.